The Kier molecular flexibility index (Phi) is 3.57. The first-order valence-corrected chi connectivity index (χ1v) is 7.24. The summed E-state index contributed by atoms with van der Waals surface area (Å²) in [4.78, 5) is 12.4. The van der Waals surface area contributed by atoms with Crippen LogP contribution in [0.5, 0.6) is 0 Å². The quantitative estimate of drug-likeness (QED) is 0.812. The molecule has 1 aliphatic rings. The van der Waals surface area contributed by atoms with E-state index in [1.807, 2.05) is 22.9 Å². The number of ketones is 1. The largest absolute Gasteiger partial charge is 0.373 e. The van der Waals surface area contributed by atoms with Gasteiger partial charge in [0.15, 0.2) is 5.78 Å². The number of ether oxygens (including phenoxy) is 1. The first-order chi connectivity index (χ1) is 9.74. The average Bonchev–Trinajstić information content (AvgIpc) is 3.23. The van der Waals surface area contributed by atoms with E-state index >= 15 is 0 Å². The van der Waals surface area contributed by atoms with E-state index in [4.69, 9.17) is 4.74 Å². The van der Waals surface area contributed by atoms with Gasteiger partial charge in [0.25, 0.3) is 0 Å². The van der Waals surface area contributed by atoms with Crippen LogP contribution in [-0.4, -0.2) is 28.8 Å². The second kappa shape index (κ2) is 5.37. The lowest BCUT2D eigenvalue weighted by molar-refractivity contribution is -0.129. The van der Waals surface area contributed by atoms with Crippen molar-refractivity contribution in [3.63, 3.8) is 0 Å². The molecule has 1 aromatic heterocycles. The maximum absolute atomic E-state index is 12.4. The number of para-hydroxylation sites is 1. The van der Waals surface area contributed by atoms with Crippen molar-refractivity contribution in [3.05, 3.63) is 30.0 Å². The normalized spacial score (nSPS) is 16.5. The number of carbonyl (C=O) groups is 1. The Hall–Kier alpha value is -1.68. The highest BCUT2D eigenvalue weighted by molar-refractivity contribution is 5.91. The summed E-state index contributed by atoms with van der Waals surface area (Å²) in [7, 11) is 1.63. The SMILES string of the molecule is CCn1nc(CC(=O)C(OC)C2CC2)c2ccccc21. The van der Waals surface area contributed by atoms with Crippen molar-refractivity contribution < 1.29 is 9.53 Å². The van der Waals surface area contributed by atoms with Crippen molar-refractivity contribution in [2.24, 2.45) is 5.92 Å². The number of carbonyl (C=O) groups excluding carboxylic acids is 1. The molecule has 1 saturated carbocycles. The van der Waals surface area contributed by atoms with Gasteiger partial charge in [0, 0.05) is 19.0 Å². The molecule has 4 nitrogen and oxygen atoms in total. The second-order valence-corrected chi connectivity index (χ2v) is 5.42. The van der Waals surface area contributed by atoms with Crippen LogP contribution in [0.25, 0.3) is 10.9 Å². The van der Waals surface area contributed by atoms with Crippen molar-refractivity contribution in [2.45, 2.75) is 38.8 Å². The summed E-state index contributed by atoms with van der Waals surface area (Å²) in [6.45, 7) is 2.87. The molecule has 1 heterocycles. The Morgan fingerprint density at radius 3 is 2.85 bits per heavy atom. The molecule has 106 valence electrons. The standard InChI is InChI=1S/C16H20N2O2/c1-3-18-14-7-5-4-6-12(14)13(17-18)10-15(19)16(20-2)11-8-9-11/h4-7,11,16H,3,8-10H2,1-2H3. The van der Waals surface area contributed by atoms with Gasteiger partial charge < -0.3 is 4.74 Å². The predicted octanol–water partition coefficient (Wildman–Crippen LogP) is 2.59. The van der Waals surface area contributed by atoms with Crippen LogP contribution in [-0.2, 0) is 22.5 Å². The van der Waals surface area contributed by atoms with E-state index in [9.17, 15) is 4.79 Å². The highest BCUT2D eigenvalue weighted by Crippen LogP contribution is 2.35. The molecule has 20 heavy (non-hydrogen) atoms. The molecule has 0 N–H and O–H groups in total. The number of aryl methyl sites for hydroxylation is 1. The molecule has 1 atom stereocenters. The van der Waals surface area contributed by atoms with E-state index in [1.54, 1.807) is 7.11 Å². The van der Waals surface area contributed by atoms with E-state index in [2.05, 4.69) is 18.1 Å². The zero-order valence-electron chi connectivity index (χ0n) is 12.0. The number of Topliss-reactive ketones (excluding diaryl/α,β-unsaturated/α-hetero) is 1. The third-order valence-corrected chi connectivity index (χ3v) is 4.00. The maximum Gasteiger partial charge on any atom is 0.167 e. The van der Waals surface area contributed by atoms with E-state index in [0.717, 1.165) is 36.0 Å². The van der Waals surface area contributed by atoms with E-state index < -0.39 is 0 Å². The Morgan fingerprint density at radius 2 is 2.20 bits per heavy atom. The number of nitrogens with zero attached hydrogens (tertiary/aromatic N) is 2. The van der Waals surface area contributed by atoms with Crippen LogP contribution in [0.3, 0.4) is 0 Å². The molecule has 1 aromatic carbocycles. The van der Waals surface area contributed by atoms with Crippen molar-refractivity contribution in [2.75, 3.05) is 7.11 Å². The van der Waals surface area contributed by atoms with Gasteiger partial charge in [-0.05, 0) is 31.7 Å². The number of benzene rings is 1. The lowest BCUT2D eigenvalue weighted by Crippen LogP contribution is -2.27. The molecule has 0 bridgehead atoms. The van der Waals surface area contributed by atoms with E-state index in [1.165, 1.54) is 0 Å². The van der Waals surface area contributed by atoms with Gasteiger partial charge in [0.1, 0.15) is 6.10 Å². The van der Waals surface area contributed by atoms with Crippen LogP contribution in [0.1, 0.15) is 25.5 Å². The fourth-order valence-corrected chi connectivity index (χ4v) is 2.82. The van der Waals surface area contributed by atoms with Crippen LogP contribution in [0.2, 0.25) is 0 Å². The van der Waals surface area contributed by atoms with Crippen LogP contribution < -0.4 is 0 Å². The summed E-state index contributed by atoms with van der Waals surface area (Å²) in [5, 5.41) is 5.66. The highest BCUT2D eigenvalue weighted by Gasteiger charge is 2.36. The predicted molar refractivity (Wildman–Crippen MR) is 77.6 cm³/mol. The molecule has 2 aromatic rings. The minimum atomic E-state index is -0.250. The van der Waals surface area contributed by atoms with Crippen molar-refractivity contribution in [1.82, 2.24) is 9.78 Å². The summed E-state index contributed by atoms with van der Waals surface area (Å²) < 4.78 is 7.32. The molecule has 0 spiro atoms. The van der Waals surface area contributed by atoms with Gasteiger partial charge in [-0.2, -0.15) is 5.10 Å². The lowest BCUT2D eigenvalue weighted by atomic mass is 10.0. The van der Waals surface area contributed by atoms with Gasteiger partial charge in [-0.3, -0.25) is 9.48 Å². The van der Waals surface area contributed by atoms with E-state index in [0.29, 0.717) is 12.3 Å². The summed E-state index contributed by atoms with van der Waals surface area (Å²) in [6, 6.07) is 8.08. The molecule has 3 rings (SSSR count). The first kappa shape index (κ1) is 13.3. The van der Waals surface area contributed by atoms with Crippen LogP contribution in [0.4, 0.5) is 0 Å². The van der Waals surface area contributed by atoms with Gasteiger partial charge in [0.2, 0.25) is 0 Å². The Bertz CT molecular complexity index is 628. The van der Waals surface area contributed by atoms with Crippen molar-refractivity contribution in [3.8, 4) is 0 Å². The summed E-state index contributed by atoms with van der Waals surface area (Å²) in [5.41, 5.74) is 1.97. The maximum atomic E-state index is 12.4. The summed E-state index contributed by atoms with van der Waals surface area (Å²) in [6.07, 6.45) is 2.33. The molecule has 1 aliphatic carbocycles. The molecular formula is C16H20N2O2. The minimum Gasteiger partial charge on any atom is -0.373 e. The first-order valence-electron chi connectivity index (χ1n) is 7.24. The minimum absolute atomic E-state index is 0.154. The monoisotopic (exact) mass is 272 g/mol. The number of hydrogen-bond donors (Lipinski definition) is 0. The lowest BCUT2D eigenvalue weighted by Gasteiger charge is -2.12. The van der Waals surface area contributed by atoms with E-state index in [-0.39, 0.29) is 11.9 Å². The summed E-state index contributed by atoms with van der Waals surface area (Å²) in [5.74, 6) is 0.577. The van der Waals surface area contributed by atoms with Gasteiger partial charge >= 0.3 is 0 Å². The molecule has 0 saturated heterocycles. The summed E-state index contributed by atoms with van der Waals surface area (Å²) >= 11 is 0. The molecule has 4 heteroatoms. The number of aromatic nitrogens is 2. The fourth-order valence-electron chi connectivity index (χ4n) is 2.82. The smallest absolute Gasteiger partial charge is 0.167 e. The highest BCUT2D eigenvalue weighted by atomic mass is 16.5. The van der Waals surface area contributed by atoms with Gasteiger partial charge in [0.05, 0.1) is 17.6 Å². The average molecular weight is 272 g/mol. The topological polar surface area (TPSA) is 44.1 Å². The number of hydrogen-bond acceptors (Lipinski definition) is 3. The number of fused-ring (bicyclic) bond motifs is 1. The molecule has 0 aliphatic heterocycles. The van der Waals surface area contributed by atoms with Crippen LogP contribution >= 0.6 is 0 Å². The third kappa shape index (κ3) is 2.36. The van der Waals surface area contributed by atoms with Gasteiger partial charge in [-0.25, -0.2) is 0 Å². The molecule has 0 amide bonds. The molecular weight excluding hydrogens is 252 g/mol. The van der Waals surface area contributed by atoms with Crippen LogP contribution in [0.15, 0.2) is 24.3 Å². The van der Waals surface area contributed by atoms with Crippen molar-refractivity contribution in [1.29, 1.82) is 0 Å². The third-order valence-electron chi connectivity index (χ3n) is 4.00. The molecule has 0 radical (unpaired) electrons. The second-order valence-electron chi connectivity index (χ2n) is 5.42. The fraction of sp³-hybridized carbons (Fsp3) is 0.500. The van der Waals surface area contributed by atoms with Gasteiger partial charge in [-0.15, -0.1) is 0 Å². The van der Waals surface area contributed by atoms with Crippen LogP contribution in [0, 0.1) is 5.92 Å². The molecule has 1 fully saturated rings. The number of rotatable bonds is 6. The zero-order valence-corrected chi connectivity index (χ0v) is 12.0. The zero-order chi connectivity index (χ0) is 14.1. The molecule has 1 unspecified atom stereocenters. The van der Waals surface area contributed by atoms with Crippen molar-refractivity contribution >= 4 is 16.7 Å². The van der Waals surface area contributed by atoms with Gasteiger partial charge in [-0.1, -0.05) is 18.2 Å². The Balaban J connectivity index is 1.88. The Morgan fingerprint density at radius 1 is 1.45 bits per heavy atom. The Labute approximate surface area is 118 Å². The number of methoxy groups -OCH3 is 1.